The summed E-state index contributed by atoms with van der Waals surface area (Å²) in [6.07, 6.45) is 8.28. The molecule has 0 bridgehead atoms. The average Bonchev–Trinajstić information content (AvgIpc) is 3.24. The minimum absolute atomic E-state index is 0.0491. The zero-order valence-corrected chi connectivity index (χ0v) is 19.9. The number of piperidine rings is 1. The van der Waals surface area contributed by atoms with Crippen molar-refractivity contribution >= 4 is 11.9 Å². The fourth-order valence-corrected chi connectivity index (χ4v) is 4.96. The highest BCUT2D eigenvalue weighted by atomic mass is 16.5. The summed E-state index contributed by atoms with van der Waals surface area (Å²) in [5.41, 5.74) is 2.71. The molecule has 0 atom stereocenters. The average molecular weight is 455 g/mol. The minimum atomic E-state index is -0.760. The van der Waals surface area contributed by atoms with Gasteiger partial charge in [0.05, 0.1) is 12.8 Å². The van der Waals surface area contributed by atoms with E-state index < -0.39 is 5.54 Å². The molecule has 9 nitrogen and oxygen atoms in total. The van der Waals surface area contributed by atoms with Crippen molar-refractivity contribution in [2.75, 3.05) is 39.9 Å². The highest BCUT2D eigenvalue weighted by Crippen LogP contribution is 2.37. The van der Waals surface area contributed by atoms with Crippen molar-refractivity contribution in [3.05, 3.63) is 47.5 Å². The summed E-state index contributed by atoms with van der Waals surface area (Å²) in [5, 5.41) is 4.34. The summed E-state index contributed by atoms with van der Waals surface area (Å²) >= 11 is 0. The largest absolute Gasteiger partial charge is 0.383 e. The molecule has 2 saturated heterocycles. The number of nitrogens with zero attached hydrogens (tertiary/aromatic N) is 6. The van der Waals surface area contributed by atoms with E-state index in [0.717, 1.165) is 43.7 Å². The van der Waals surface area contributed by atoms with Crippen molar-refractivity contribution in [2.45, 2.75) is 44.7 Å². The van der Waals surface area contributed by atoms with Crippen LogP contribution in [0.3, 0.4) is 0 Å². The summed E-state index contributed by atoms with van der Waals surface area (Å²) in [6.45, 7) is 5.69. The second kappa shape index (κ2) is 10.0. The standard InChI is InChI=1S/C24H34N6O3/c1-19-21(17-26-27(19)2)18-28-12-8-24(9-13-28)22(31)29(23(32)30(24)14-15-33-3)11-5-7-20-6-4-10-25-16-20/h4,6,10,16-17H,5,7-9,11-15,18H2,1-3H3. The van der Waals surface area contributed by atoms with E-state index in [-0.39, 0.29) is 11.9 Å². The Bertz CT molecular complexity index is 968. The van der Waals surface area contributed by atoms with Gasteiger partial charge in [0.1, 0.15) is 5.54 Å². The maximum Gasteiger partial charge on any atom is 0.327 e. The molecule has 0 N–H and O–H groups in total. The molecule has 1 spiro atoms. The van der Waals surface area contributed by atoms with E-state index in [1.54, 1.807) is 18.2 Å². The van der Waals surface area contributed by atoms with E-state index in [1.807, 2.05) is 36.3 Å². The highest BCUT2D eigenvalue weighted by Gasteiger charge is 2.57. The summed E-state index contributed by atoms with van der Waals surface area (Å²) in [7, 11) is 3.57. The molecule has 0 aromatic carbocycles. The molecule has 0 unspecified atom stereocenters. The molecule has 4 heterocycles. The van der Waals surface area contributed by atoms with Gasteiger partial charge in [-0.25, -0.2) is 4.79 Å². The molecule has 2 aliphatic heterocycles. The highest BCUT2D eigenvalue weighted by molar-refractivity contribution is 6.07. The fourth-order valence-electron chi connectivity index (χ4n) is 4.96. The molecule has 2 aromatic rings. The number of methoxy groups -OCH3 is 1. The van der Waals surface area contributed by atoms with Gasteiger partial charge in [0, 0.05) is 70.5 Å². The SMILES string of the molecule is COCCN1C(=O)N(CCCc2cccnc2)C(=O)C12CCN(Cc1cnn(C)c1C)CC2. The third kappa shape index (κ3) is 4.65. The topological polar surface area (TPSA) is 83.8 Å². The zero-order valence-electron chi connectivity index (χ0n) is 19.9. The summed E-state index contributed by atoms with van der Waals surface area (Å²) in [6, 6.07) is 3.75. The normalized spacial score (nSPS) is 18.6. The molecular weight excluding hydrogens is 420 g/mol. The van der Waals surface area contributed by atoms with Crippen molar-refractivity contribution in [3.8, 4) is 0 Å². The number of likely N-dealkylation sites (tertiary alicyclic amines) is 1. The maximum absolute atomic E-state index is 13.6. The van der Waals surface area contributed by atoms with Crippen molar-refractivity contribution in [1.82, 2.24) is 29.5 Å². The number of carbonyl (C=O) groups is 2. The van der Waals surface area contributed by atoms with Crippen LogP contribution in [0, 0.1) is 6.92 Å². The summed E-state index contributed by atoms with van der Waals surface area (Å²) < 4.78 is 7.15. The Morgan fingerprint density at radius 2 is 1.94 bits per heavy atom. The molecule has 2 fully saturated rings. The maximum atomic E-state index is 13.6. The second-order valence-electron chi connectivity index (χ2n) is 9.04. The fraction of sp³-hybridized carbons (Fsp3) is 0.583. The molecule has 4 rings (SSSR count). The van der Waals surface area contributed by atoms with Crippen LogP contribution in [0.4, 0.5) is 4.79 Å². The van der Waals surface area contributed by atoms with Gasteiger partial charge in [0.15, 0.2) is 0 Å². The molecule has 0 radical (unpaired) electrons. The van der Waals surface area contributed by atoms with Gasteiger partial charge in [-0.1, -0.05) is 6.07 Å². The lowest BCUT2D eigenvalue weighted by Crippen LogP contribution is -2.57. The number of rotatable bonds is 9. The number of hydrogen-bond donors (Lipinski definition) is 0. The lowest BCUT2D eigenvalue weighted by molar-refractivity contribution is -0.136. The Morgan fingerprint density at radius 3 is 2.58 bits per heavy atom. The molecule has 0 saturated carbocycles. The van der Waals surface area contributed by atoms with Gasteiger partial charge in [-0.3, -0.25) is 24.3 Å². The first kappa shape index (κ1) is 23.4. The quantitative estimate of drug-likeness (QED) is 0.539. The van der Waals surface area contributed by atoms with E-state index in [2.05, 4.69) is 21.9 Å². The summed E-state index contributed by atoms with van der Waals surface area (Å²) in [5.74, 6) is -0.0491. The number of ether oxygens (including phenoxy) is 1. The molecule has 178 valence electrons. The number of carbonyl (C=O) groups excluding carboxylic acids is 2. The van der Waals surface area contributed by atoms with E-state index in [4.69, 9.17) is 4.74 Å². The van der Waals surface area contributed by atoms with Gasteiger partial charge < -0.3 is 9.64 Å². The van der Waals surface area contributed by atoms with Crippen molar-refractivity contribution in [1.29, 1.82) is 0 Å². The number of pyridine rings is 1. The Balaban J connectivity index is 1.43. The van der Waals surface area contributed by atoms with Crippen LogP contribution in [0.1, 0.15) is 36.1 Å². The number of amides is 3. The van der Waals surface area contributed by atoms with Crippen molar-refractivity contribution in [2.24, 2.45) is 7.05 Å². The van der Waals surface area contributed by atoms with E-state index in [9.17, 15) is 9.59 Å². The number of hydrogen-bond acceptors (Lipinski definition) is 6. The molecule has 2 aliphatic rings. The van der Waals surface area contributed by atoms with Crippen LogP contribution < -0.4 is 0 Å². The predicted octanol–water partition coefficient (Wildman–Crippen LogP) is 2.00. The molecule has 2 aromatic heterocycles. The van der Waals surface area contributed by atoms with Gasteiger partial charge in [0.2, 0.25) is 0 Å². The Kier molecular flexibility index (Phi) is 7.09. The first-order valence-electron chi connectivity index (χ1n) is 11.7. The van der Waals surface area contributed by atoms with Gasteiger partial charge >= 0.3 is 6.03 Å². The minimum Gasteiger partial charge on any atom is -0.383 e. The first-order valence-corrected chi connectivity index (χ1v) is 11.7. The Hall–Kier alpha value is -2.78. The molecular formula is C24H34N6O3. The lowest BCUT2D eigenvalue weighted by atomic mass is 9.85. The molecule has 9 heteroatoms. The Labute approximate surface area is 195 Å². The predicted molar refractivity (Wildman–Crippen MR) is 123 cm³/mol. The number of urea groups is 1. The van der Waals surface area contributed by atoms with Gasteiger partial charge in [-0.05, 0) is 44.2 Å². The zero-order chi connectivity index (χ0) is 23.4. The first-order chi connectivity index (χ1) is 16.0. The van der Waals surface area contributed by atoms with Crippen LogP contribution >= 0.6 is 0 Å². The van der Waals surface area contributed by atoms with Crippen LogP contribution in [0.5, 0.6) is 0 Å². The molecule has 3 amide bonds. The van der Waals surface area contributed by atoms with Crippen molar-refractivity contribution in [3.63, 3.8) is 0 Å². The van der Waals surface area contributed by atoms with Gasteiger partial charge in [0.25, 0.3) is 5.91 Å². The van der Waals surface area contributed by atoms with E-state index in [1.165, 1.54) is 10.5 Å². The monoisotopic (exact) mass is 454 g/mol. The van der Waals surface area contributed by atoms with Gasteiger partial charge in [-0.15, -0.1) is 0 Å². The second-order valence-corrected chi connectivity index (χ2v) is 9.04. The lowest BCUT2D eigenvalue weighted by Gasteiger charge is -2.42. The van der Waals surface area contributed by atoms with Crippen LogP contribution in [-0.2, 0) is 29.5 Å². The number of aryl methyl sites for hydroxylation is 2. The van der Waals surface area contributed by atoms with E-state index >= 15 is 0 Å². The number of imide groups is 1. The third-order valence-corrected chi connectivity index (χ3v) is 7.12. The third-order valence-electron chi connectivity index (χ3n) is 7.12. The molecule has 0 aliphatic carbocycles. The van der Waals surface area contributed by atoms with Crippen molar-refractivity contribution < 1.29 is 14.3 Å². The molecule has 33 heavy (non-hydrogen) atoms. The van der Waals surface area contributed by atoms with E-state index in [0.29, 0.717) is 32.5 Å². The van der Waals surface area contributed by atoms with Gasteiger partial charge in [-0.2, -0.15) is 5.10 Å². The summed E-state index contributed by atoms with van der Waals surface area (Å²) in [4.78, 5) is 36.6. The Morgan fingerprint density at radius 1 is 1.15 bits per heavy atom. The van der Waals surface area contributed by atoms with Crippen LogP contribution in [0.15, 0.2) is 30.7 Å². The van der Waals surface area contributed by atoms with Crippen LogP contribution in [0.25, 0.3) is 0 Å². The smallest absolute Gasteiger partial charge is 0.327 e. The number of aromatic nitrogens is 3. The van der Waals surface area contributed by atoms with Crippen LogP contribution in [-0.4, -0.2) is 86.8 Å². The van der Waals surface area contributed by atoms with Crippen LogP contribution in [0.2, 0.25) is 0 Å².